The SMILES string of the molecule is CCOC(=O)CN(Cc1cccc(CN2CCCC2)c1)c1nc(NCCP(=O)(OCC)OCC)nc(N)c1[N+](=O)[O-]. The lowest BCUT2D eigenvalue weighted by Crippen LogP contribution is -2.32. The van der Waals surface area contributed by atoms with Gasteiger partial charge in [0.25, 0.3) is 0 Å². The normalized spacial score (nSPS) is 13.7. The third kappa shape index (κ3) is 9.63. The van der Waals surface area contributed by atoms with Gasteiger partial charge in [0.15, 0.2) is 0 Å². The highest BCUT2D eigenvalue weighted by Crippen LogP contribution is 2.47. The zero-order valence-corrected chi connectivity index (χ0v) is 24.8. The highest BCUT2D eigenvalue weighted by molar-refractivity contribution is 7.53. The van der Waals surface area contributed by atoms with Gasteiger partial charge in [-0.3, -0.25) is 24.4 Å². The minimum absolute atomic E-state index is 0.0145. The van der Waals surface area contributed by atoms with E-state index in [1.54, 1.807) is 20.8 Å². The van der Waals surface area contributed by atoms with Gasteiger partial charge in [-0.2, -0.15) is 9.97 Å². The van der Waals surface area contributed by atoms with Gasteiger partial charge in [-0.25, -0.2) is 0 Å². The van der Waals surface area contributed by atoms with Crippen molar-refractivity contribution in [3.05, 3.63) is 45.5 Å². The third-order valence-corrected chi connectivity index (χ3v) is 8.36. The van der Waals surface area contributed by atoms with Crippen LogP contribution >= 0.6 is 7.60 Å². The van der Waals surface area contributed by atoms with Gasteiger partial charge in [0.05, 0.1) is 30.9 Å². The molecule has 0 bridgehead atoms. The van der Waals surface area contributed by atoms with Gasteiger partial charge in [0, 0.05) is 19.6 Å². The first kappa shape index (κ1) is 32.2. The molecule has 1 aromatic heterocycles. The molecular formula is C26H40N7O7P. The Morgan fingerprint density at radius 2 is 1.83 bits per heavy atom. The summed E-state index contributed by atoms with van der Waals surface area (Å²) in [6, 6.07) is 7.87. The minimum atomic E-state index is -3.35. The van der Waals surface area contributed by atoms with Gasteiger partial charge in [0.1, 0.15) is 6.54 Å². The van der Waals surface area contributed by atoms with E-state index in [-0.39, 0.29) is 63.2 Å². The van der Waals surface area contributed by atoms with Crippen LogP contribution in [0.4, 0.5) is 23.3 Å². The van der Waals surface area contributed by atoms with Crippen molar-refractivity contribution in [1.82, 2.24) is 14.9 Å². The molecule has 1 saturated heterocycles. The molecule has 41 heavy (non-hydrogen) atoms. The van der Waals surface area contributed by atoms with E-state index in [2.05, 4.69) is 20.2 Å². The van der Waals surface area contributed by atoms with E-state index in [0.29, 0.717) is 0 Å². The first-order chi connectivity index (χ1) is 19.7. The summed E-state index contributed by atoms with van der Waals surface area (Å²) in [5, 5.41) is 15.0. The number of ether oxygens (including phenoxy) is 1. The van der Waals surface area contributed by atoms with Crippen molar-refractivity contribution in [2.24, 2.45) is 0 Å². The monoisotopic (exact) mass is 593 g/mol. The molecule has 15 heteroatoms. The second-order valence-electron chi connectivity index (χ2n) is 9.42. The molecule has 226 valence electrons. The summed E-state index contributed by atoms with van der Waals surface area (Å²) in [5.41, 5.74) is 7.44. The van der Waals surface area contributed by atoms with Crippen LogP contribution in [0.5, 0.6) is 0 Å². The number of nitrogens with zero attached hydrogens (tertiary/aromatic N) is 5. The molecule has 3 rings (SSSR count). The number of nitrogen functional groups attached to an aromatic ring is 1. The summed E-state index contributed by atoms with van der Waals surface area (Å²) in [6.45, 7) is 8.50. The maximum absolute atomic E-state index is 12.8. The summed E-state index contributed by atoms with van der Waals surface area (Å²) >= 11 is 0. The van der Waals surface area contributed by atoms with E-state index in [1.165, 1.54) is 17.7 Å². The topological polar surface area (TPSA) is 175 Å². The van der Waals surface area contributed by atoms with Crippen LogP contribution in [-0.4, -0.2) is 77.9 Å². The zero-order valence-electron chi connectivity index (χ0n) is 23.9. The van der Waals surface area contributed by atoms with Crippen LogP contribution in [0.15, 0.2) is 24.3 Å². The number of benzene rings is 1. The van der Waals surface area contributed by atoms with Crippen LogP contribution < -0.4 is 16.0 Å². The first-order valence-corrected chi connectivity index (χ1v) is 15.5. The number of carbonyl (C=O) groups excluding carboxylic acids is 1. The maximum Gasteiger partial charge on any atom is 0.353 e. The maximum atomic E-state index is 12.8. The van der Waals surface area contributed by atoms with Crippen molar-refractivity contribution < 1.29 is 28.1 Å². The molecule has 1 aromatic carbocycles. The Kier molecular flexibility index (Phi) is 12.3. The van der Waals surface area contributed by atoms with E-state index < -0.39 is 24.2 Å². The summed E-state index contributed by atoms with van der Waals surface area (Å²) in [4.78, 5) is 36.2. The van der Waals surface area contributed by atoms with Crippen molar-refractivity contribution >= 4 is 36.8 Å². The summed E-state index contributed by atoms with van der Waals surface area (Å²) < 4.78 is 28.6. The molecule has 0 radical (unpaired) electrons. The number of nitrogens with two attached hydrogens (primary N) is 1. The van der Waals surface area contributed by atoms with E-state index in [1.807, 2.05) is 24.3 Å². The van der Waals surface area contributed by atoms with Crippen molar-refractivity contribution in [1.29, 1.82) is 0 Å². The molecule has 0 amide bonds. The fourth-order valence-electron chi connectivity index (χ4n) is 4.61. The van der Waals surface area contributed by atoms with E-state index >= 15 is 0 Å². The van der Waals surface area contributed by atoms with Crippen molar-refractivity contribution in [3.63, 3.8) is 0 Å². The number of hydrogen-bond donors (Lipinski definition) is 2. The molecule has 0 spiro atoms. The fraction of sp³-hybridized carbons (Fsp3) is 0.577. The Morgan fingerprint density at radius 1 is 1.15 bits per heavy atom. The molecular weight excluding hydrogens is 553 g/mol. The summed E-state index contributed by atoms with van der Waals surface area (Å²) in [5.74, 6) is -1.12. The molecule has 2 heterocycles. The second kappa shape index (κ2) is 15.6. The fourth-order valence-corrected chi connectivity index (χ4v) is 6.12. The number of hydrogen-bond acceptors (Lipinski definition) is 13. The van der Waals surface area contributed by atoms with E-state index in [4.69, 9.17) is 19.5 Å². The molecule has 3 N–H and O–H groups in total. The molecule has 0 saturated carbocycles. The zero-order chi connectivity index (χ0) is 29.8. The van der Waals surface area contributed by atoms with Crippen molar-refractivity contribution in [2.45, 2.75) is 46.7 Å². The lowest BCUT2D eigenvalue weighted by molar-refractivity contribution is -0.383. The van der Waals surface area contributed by atoms with Crippen molar-refractivity contribution in [3.8, 4) is 0 Å². The molecule has 0 unspecified atom stereocenters. The number of rotatable bonds is 17. The molecule has 1 fully saturated rings. The van der Waals surface area contributed by atoms with Gasteiger partial charge in [-0.05, 0) is 57.8 Å². The van der Waals surface area contributed by atoms with Gasteiger partial charge >= 0.3 is 19.3 Å². The Balaban J connectivity index is 1.91. The number of anilines is 3. The Morgan fingerprint density at radius 3 is 2.46 bits per heavy atom. The number of nitrogens with one attached hydrogen (secondary N) is 1. The number of aromatic nitrogens is 2. The average Bonchev–Trinajstić information content (AvgIpc) is 3.41. The third-order valence-electron chi connectivity index (χ3n) is 6.29. The Hall–Kier alpha value is -3.32. The van der Waals surface area contributed by atoms with Gasteiger partial charge in [0.2, 0.25) is 17.6 Å². The first-order valence-electron chi connectivity index (χ1n) is 13.8. The van der Waals surface area contributed by atoms with Crippen LogP contribution in [0.2, 0.25) is 0 Å². The molecule has 1 aliphatic heterocycles. The minimum Gasteiger partial charge on any atom is -0.465 e. The lowest BCUT2D eigenvalue weighted by Gasteiger charge is -2.24. The van der Waals surface area contributed by atoms with Gasteiger partial charge in [-0.15, -0.1) is 0 Å². The number of likely N-dealkylation sites (tertiary alicyclic amines) is 1. The van der Waals surface area contributed by atoms with Crippen molar-refractivity contribution in [2.75, 3.05) is 68.1 Å². The smallest absolute Gasteiger partial charge is 0.353 e. The Bertz CT molecular complexity index is 1220. The predicted octanol–water partition coefficient (Wildman–Crippen LogP) is 3.81. The molecule has 2 aromatic rings. The van der Waals surface area contributed by atoms with E-state index in [9.17, 15) is 19.5 Å². The molecule has 0 aliphatic carbocycles. The largest absolute Gasteiger partial charge is 0.465 e. The molecule has 1 aliphatic rings. The Labute approximate surface area is 240 Å². The average molecular weight is 594 g/mol. The quantitative estimate of drug-likeness (QED) is 0.117. The van der Waals surface area contributed by atoms with Crippen LogP contribution in [0.1, 0.15) is 44.7 Å². The van der Waals surface area contributed by atoms with Crippen LogP contribution in [0.25, 0.3) is 0 Å². The summed E-state index contributed by atoms with van der Waals surface area (Å²) in [7, 11) is -3.35. The second-order valence-corrected chi connectivity index (χ2v) is 11.6. The highest BCUT2D eigenvalue weighted by Gasteiger charge is 2.30. The van der Waals surface area contributed by atoms with Crippen LogP contribution in [0, 0.1) is 10.1 Å². The molecule has 0 atom stereocenters. The predicted molar refractivity (Wildman–Crippen MR) is 156 cm³/mol. The van der Waals surface area contributed by atoms with Crippen LogP contribution in [0.3, 0.4) is 0 Å². The lowest BCUT2D eigenvalue weighted by atomic mass is 10.1. The number of carbonyl (C=O) groups is 1. The van der Waals surface area contributed by atoms with Crippen LogP contribution in [-0.2, 0) is 36.2 Å². The standard InChI is InChI=1S/C26H40N7O7P/c1-4-38-22(34)19-32(18-21-11-9-10-20(16-21)17-31-13-7-8-14-31)25-23(33(35)36)24(27)29-26(30-25)28-12-15-41(37,39-5-2)40-6-3/h9-11,16H,4-8,12-15,17-19H2,1-3H3,(H3,27,28,29,30). The number of esters is 1. The molecule has 14 nitrogen and oxygen atoms in total. The van der Waals surface area contributed by atoms with Gasteiger partial charge in [-0.1, -0.05) is 24.3 Å². The van der Waals surface area contributed by atoms with Gasteiger partial charge < -0.3 is 29.7 Å². The highest BCUT2D eigenvalue weighted by atomic mass is 31.2. The van der Waals surface area contributed by atoms with E-state index in [0.717, 1.165) is 30.8 Å². The number of nitro groups is 1. The summed E-state index contributed by atoms with van der Waals surface area (Å²) in [6.07, 6.45) is 2.37.